The van der Waals surface area contributed by atoms with Gasteiger partial charge in [-0.3, -0.25) is 9.78 Å². The summed E-state index contributed by atoms with van der Waals surface area (Å²) in [5.74, 6) is -1.28. The Morgan fingerprint density at radius 3 is 2.64 bits per heavy atom. The van der Waals surface area contributed by atoms with Crippen molar-refractivity contribution in [1.29, 1.82) is 5.26 Å². The number of pyridine rings is 1. The molecule has 0 N–H and O–H groups in total. The zero-order chi connectivity index (χ0) is 31.7. The number of ether oxygens (including phenoxy) is 1. The van der Waals surface area contributed by atoms with E-state index in [1.807, 2.05) is 47.5 Å². The van der Waals surface area contributed by atoms with Crippen LogP contribution in [-0.2, 0) is 11.2 Å². The number of amides is 1. The van der Waals surface area contributed by atoms with Crippen LogP contribution in [0.25, 0.3) is 32.9 Å². The number of hydrogen-bond acceptors (Lipinski definition) is 8. The molecule has 0 aliphatic carbocycles. The third-order valence-corrected chi connectivity index (χ3v) is 9.27. The lowest BCUT2D eigenvalue weighted by molar-refractivity contribution is -0.131. The summed E-state index contributed by atoms with van der Waals surface area (Å²) in [5.41, 5.74) is 4.14. The van der Waals surface area contributed by atoms with Crippen LogP contribution in [0.15, 0.2) is 55.0 Å². The molecule has 2 unspecified atom stereocenters. The summed E-state index contributed by atoms with van der Waals surface area (Å²) in [6.07, 6.45) is 4.70. The number of anilines is 1. The molecule has 0 radical (unpaired) electrons. The number of likely N-dealkylation sites (N-methyl/N-ethyl adjacent to an activating group) is 1. The Morgan fingerprint density at radius 1 is 1.13 bits per heavy atom. The van der Waals surface area contributed by atoms with Crippen molar-refractivity contribution in [3.8, 4) is 23.2 Å². The van der Waals surface area contributed by atoms with Gasteiger partial charge in [-0.25, -0.2) is 4.39 Å². The monoisotopic (exact) mass is 627 g/mol. The first-order valence-corrected chi connectivity index (χ1v) is 15.7. The molecule has 2 fully saturated rings. The Bertz CT molecular complexity index is 1820. The first-order chi connectivity index (χ1) is 21.8. The maximum Gasteiger partial charge on any atom is 0.319 e. The van der Waals surface area contributed by atoms with Crippen molar-refractivity contribution in [1.82, 2.24) is 24.8 Å². The van der Waals surface area contributed by atoms with Crippen LogP contribution < -0.4 is 9.64 Å². The molecule has 232 valence electrons. The second-order valence-electron chi connectivity index (χ2n) is 11.6. The number of piperazine rings is 1. The number of carbonyl (C=O) groups is 1. The van der Waals surface area contributed by atoms with E-state index >= 15 is 0 Å². The van der Waals surface area contributed by atoms with Gasteiger partial charge in [-0.2, -0.15) is 15.2 Å². The predicted molar refractivity (Wildman–Crippen MR) is 174 cm³/mol. The summed E-state index contributed by atoms with van der Waals surface area (Å²) >= 11 is 6.73. The van der Waals surface area contributed by atoms with Gasteiger partial charge in [0.1, 0.15) is 17.6 Å². The molecule has 9 nitrogen and oxygen atoms in total. The topological polar surface area (TPSA) is 98.5 Å². The SMILES string of the molecule is C=C(F)C(=O)N1CCN(c2nc(OCC3CCCN3C)nc3c(CC)c(-c4cccc5cccc(Cl)c45)cnc23)CC1CC#N. The molecule has 2 aromatic heterocycles. The van der Waals surface area contributed by atoms with Crippen molar-refractivity contribution in [3.63, 3.8) is 0 Å². The number of aryl methyl sites for hydroxylation is 1. The van der Waals surface area contributed by atoms with Crippen molar-refractivity contribution in [2.45, 2.75) is 44.7 Å². The van der Waals surface area contributed by atoms with Gasteiger partial charge < -0.3 is 19.4 Å². The molecular formula is C34H35ClFN7O2. The number of rotatable bonds is 8. The molecule has 4 aromatic rings. The van der Waals surface area contributed by atoms with Crippen molar-refractivity contribution in [3.05, 3.63) is 65.6 Å². The number of nitriles is 1. The molecule has 0 bridgehead atoms. The van der Waals surface area contributed by atoms with Crippen molar-refractivity contribution in [2.75, 3.05) is 44.7 Å². The molecular weight excluding hydrogens is 593 g/mol. The van der Waals surface area contributed by atoms with Crippen LogP contribution in [0, 0.1) is 11.3 Å². The average Bonchev–Trinajstić information content (AvgIpc) is 3.46. The largest absolute Gasteiger partial charge is 0.462 e. The quantitative estimate of drug-likeness (QED) is 0.221. The molecule has 2 aliphatic rings. The van der Waals surface area contributed by atoms with E-state index < -0.39 is 17.8 Å². The van der Waals surface area contributed by atoms with E-state index in [4.69, 9.17) is 31.3 Å². The highest BCUT2D eigenvalue weighted by atomic mass is 35.5. The zero-order valence-electron chi connectivity index (χ0n) is 25.5. The highest BCUT2D eigenvalue weighted by Crippen LogP contribution is 2.39. The number of hydrogen-bond donors (Lipinski definition) is 0. The van der Waals surface area contributed by atoms with Crippen LogP contribution >= 0.6 is 11.6 Å². The lowest BCUT2D eigenvalue weighted by Crippen LogP contribution is -2.55. The molecule has 2 saturated heterocycles. The third kappa shape index (κ3) is 5.90. The Balaban J connectivity index is 1.48. The van der Waals surface area contributed by atoms with E-state index in [0.29, 0.717) is 41.4 Å². The molecule has 1 amide bonds. The van der Waals surface area contributed by atoms with Gasteiger partial charge in [-0.15, -0.1) is 0 Å². The number of likely N-dealkylation sites (tertiary alicyclic amines) is 1. The Hall–Kier alpha value is -4.33. The van der Waals surface area contributed by atoms with Gasteiger partial charge in [-0.1, -0.05) is 55.4 Å². The van der Waals surface area contributed by atoms with Gasteiger partial charge in [0.25, 0.3) is 5.91 Å². The second-order valence-corrected chi connectivity index (χ2v) is 12.0. The van der Waals surface area contributed by atoms with Crippen LogP contribution in [-0.4, -0.2) is 82.6 Å². The third-order valence-electron chi connectivity index (χ3n) is 8.95. The molecule has 6 rings (SSSR count). The van der Waals surface area contributed by atoms with Crippen molar-refractivity contribution >= 4 is 45.1 Å². The van der Waals surface area contributed by atoms with E-state index in [1.54, 1.807) is 0 Å². The van der Waals surface area contributed by atoms with Crippen LogP contribution in [0.2, 0.25) is 5.02 Å². The molecule has 0 spiro atoms. The minimum Gasteiger partial charge on any atom is -0.462 e. The van der Waals surface area contributed by atoms with Crippen LogP contribution in [0.1, 0.15) is 31.7 Å². The lowest BCUT2D eigenvalue weighted by atomic mass is 9.94. The summed E-state index contributed by atoms with van der Waals surface area (Å²) in [5, 5.41) is 12.2. The van der Waals surface area contributed by atoms with Gasteiger partial charge in [0.05, 0.1) is 18.5 Å². The van der Waals surface area contributed by atoms with E-state index in [9.17, 15) is 14.4 Å². The first-order valence-electron chi connectivity index (χ1n) is 15.3. The Labute approximate surface area is 266 Å². The number of nitrogens with zero attached hydrogens (tertiary/aromatic N) is 7. The summed E-state index contributed by atoms with van der Waals surface area (Å²) in [4.78, 5) is 33.0. The van der Waals surface area contributed by atoms with E-state index in [1.165, 1.54) is 4.90 Å². The van der Waals surface area contributed by atoms with Gasteiger partial charge in [0.2, 0.25) is 0 Å². The molecule has 2 aliphatic heterocycles. The van der Waals surface area contributed by atoms with Gasteiger partial charge >= 0.3 is 6.01 Å². The maximum absolute atomic E-state index is 13.9. The van der Waals surface area contributed by atoms with Gasteiger partial charge in [-0.05, 0) is 55.4 Å². The molecule has 4 heterocycles. The summed E-state index contributed by atoms with van der Waals surface area (Å²) < 4.78 is 20.1. The zero-order valence-corrected chi connectivity index (χ0v) is 26.2. The Kier molecular flexibility index (Phi) is 8.83. The van der Waals surface area contributed by atoms with Crippen molar-refractivity contribution < 1.29 is 13.9 Å². The van der Waals surface area contributed by atoms with Crippen LogP contribution in [0.4, 0.5) is 10.2 Å². The number of fused-ring (bicyclic) bond motifs is 2. The summed E-state index contributed by atoms with van der Waals surface area (Å²) in [6.45, 7) is 7.57. The van der Waals surface area contributed by atoms with Crippen LogP contribution in [0.3, 0.4) is 0 Å². The average molecular weight is 628 g/mol. The van der Waals surface area contributed by atoms with Crippen molar-refractivity contribution in [2.24, 2.45) is 0 Å². The lowest BCUT2D eigenvalue weighted by Gasteiger charge is -2.41. The second kappa shape index (κ2) is 13.0. The van der Waals surface area contributed by atoms with E-state index in [2.05, 4.69) is 31.5 Å². The minimum atomic E-state index is -1.04. The standard InChI is InChI=1S/C34H35ClFN7O2/c1-4-25-27(26-11-5-8-22-9-6-12-28(35)29(22)26)18-38-31-30(25)39-34(45-20-24-10-7-15-41(24)3)40-32(31)42-16-17-43(33(44)21(2)36)23(19-42)13-14-37/h5-6,8-9,11-12,18,23-24H,2,4,7,10,13,15-17,19-20H2,1,3H3. The molecule has 2 atom stereocenters. The normalized spacial score (nSPS) is 18.8. The number of benzene rings is 2. The molecule has 0 saturated carbocycles. The van der Waals surface area contributed by atoms with Gasteiger partial charge in [0.15, 0.2) is 11.6 Å². The summed E-state index contributed by atoms with van der Waals surface area (Å²) in [6, 6.07) is 14.1. The first kappa shape index (κ1) is 30.7. The summed E-state index contributed by atoms with van der Waals surface area (Å²) in [7, 11) is 2.09. The number of halogens is 2. The smallest absolute Gasteiger partial charge is 0.319 e. The molecule has 11 heteroatoms. The fourth-order valence-electron chi connectivity index (χ4n) is 6.59. The van der Waals surface area contributed by atoms with E-state index in [-0.39, 0.29) is 31.6 Å². The highest BCUT2D eigenvalue weighted by molar-refractivity contribution is 6.36. The maximum atomic E-state index is 13.9. The molecule has 45 heavy (non-hydrogen) atoms. The fraction of sp³-hybridized carbons (Fsp3) is 0.382. The number of aromatic nitrogens is 3. The molecule has 2 aromatic carbocycles. The Morgan fingerprint density at radius 2 is 1.93 bits per heavy atom. The fourth-order valence-corrected chi connectivity index (χ4v) is 6.88. The predicted octanol–water partition coefficient (Wildman–Crippen LogP) is 5.95. The van der Waals surface area contributed by atoms with Crippen LogP contribution in [0.5, 0.6) is 6.01 Å². The van der Waals surface area contributed by atoms with E-state index in [0.717, 1.165) is 46.8 Å². The minimum absolute atomic E-state index is 0.0372. The van der Waals surface area contributed by atoms with Gasteiger partial charge in [0, 0.05) is 47.8 Å². The highest BCUT2D eigenvalue weighted by Gasteiger charge is 2.34. The number of carbonyl (C=O) groups excluding carboxylic acids is 1.